The zero-order valence-electron chi connectivity index (χ0n) is 21.9. The fourth-order valence-corrected chi connectivity index (χ4v) is 5.62. The highest BCUT2D eigenvalue weighted by Crippen LogP contribution is 2.48. The molecule has 0 fully saturated rings. The second-order valence-electron chi connectivity index (χ2n) is 9.97. The molecule has 0 radical (unpaired) electrons. The maximum absolute atomic E-state index is 13.4. The molecule has 0 amide bonds. The Bertz CT molecular complexity index is 1470. The molecule has 4 aromatic rings. The van der Waals surface area contributed by atoms with E-state index in [2.05, 4.69) is 10.8 Å². The quantitative estimate of drug-likeness (QED) is 0.229. The van der Waals surface area contributed by atoms with Crippen molar-refractivity contribution in [2.45, 2.75) is 24.3 Å². The Morgan fingerprint density at radius 1 is 0.875 bits per heavy atom. The van der Waals surface area contributed by atoms with Gasteiger partial charge in [-0.15, -0.1) is 13.2 Å². The number of fused-ring (bicyclic) bond motifs is 1. The summed E-state index contributed by atoms with van der Waals surface area (Å²) in [5.74, 6) is 0.429. The summed E-state index contributed by atoms with van der Waals surface area (Å²) in [4.78, 5) is 1.95. The number of hydrogen-bond acceptors (Lipinski definition) is 4. The molecule has 5 rings (SSSR count). The van der Waals surface area contributed by atoms with Gasteiger partial charge in [-0.3, -0.25) is 0 Å². The summed E-state index contributed by atoms with van der Waals surface area (Å²) in [5, 5.41) is 10.2. The predicted molar refractivity (Wildman–Crippen MR) is 147 cm³/mol. The van der Waals surface area contributed by atoms with Crippen LogP contribution in [0.2, 0.25) is 0 Å². The molecule has 40 heavy (non-hydrogen) atoms. The van der Waals surface area contributed by atoms with Crippen LogP contribution in [0, 0.1) is 0 Å². The van der Waals surface area contributed by atoms with Crippen molar-refractivity contribution in [3.8, 4) is 22.6 Å². The number of aliphatic hydroxyl groups is 1. The van der Waals surface area contributed by atoms with Gasteiger partial charge in [-0.1, -0.05) is 66.7 Å². The molecule has 1 unspecified atom stereocenters. The van der Waals surface area contributed by atoms with Gasteiger partial charge in [-0.2, -0.15) is 0 Å². The number of anilines is 1. The van der Waals surface area contributed by atoms with Crippen molar-refractivity contribution >= 4 is 5.69 Å². The molecule has 4 nitrogen and oxygen atoms in total. The van der Waals surface area contributed by atoms with Crippen LogP contribution >= 0.6 is 0 Å². The van der Waals surface area contributed by atoms with Crippen LogP contribution in [-0.4, -0.2) is 44.4 Å². The van der Waals surface area contributed by atoms with E-state index >= 15 is 0 Å². The number of rotatable bonds is 9. The van der Waals surface area contributed by atoms with E-state index in [0.717, 1.165) is 33.7 Å². The third kappa shape index (κ3) is 5.77. The Balaban J connectivity index is 1.64. The van der Waals surface area contributed by atoms with Crippen molar-refractivity contribution in [2.24, 2.45) is 0 Å². The summed E-state index contributed by atoms with van der Waals surface area (Å²) in [6.45, 7) is -0.398. The average molecular weight is 552 g/mol. The average Bonchev–Trinajstić information content (AvgIpc) is 3.26. The summed E-state index contributed by atoms with van der Waals surface area (Å²) >= 11 is 0. The Kier molecular flexibility index (Phi) is 7.72. The lowest BCUT2D eigenvalue weighted by atomic mass is 9.71. The fourth-order valence-electron chi connectivity index (χ4n) is 5.62. The van der Waals surface area contributed by atoms with Gasteiger partial charge in [0.2, 0.25) is 0 Å². The molecule has 1 heterocycles. The Hall–Kier alpha value is -4.04. The third-order valence-corrected chi connectivity index (χ3v) is 7.29. The third-order valence-electron chi connectivity index (χ3n) is 7.29. The molecule has 0 aromatic heterocycles. The smallest absolute Gasteiger partial charge is 0.497 e. The number of ether oxygens (including phenoxy) is 2. The lowest BCUT2D eigenvalue weighted by molar-refractivity contribution is -0.274. The van der Waals surface area contributed by atoms with E-state index in [1.807, 2.05) is 71.6 Å². The van der Waals surface area contributed by atoms with Crippen LogP contribution in [0.1, 0.15) is 16.7 Å². The number of benzene rings is 4. The van der Waals surface area contributed by atoms with Crippen molar-refractivity contribution in [3.63, 3.8) is 0 Å². The zero-order valence-corrected chi connectivity index (χ0v) is 21.9. The van der Waals surface area contributed by atoms with Gasteiger partial charge in [-0.05, 0) is 64.6 Å². The summed E-state index contributed by atoms with van der Waals surface area (Å²) in [6.07, 6.45) is -5.63. The number of aliphatic hydroxyl groups excluding tert-OH is 1. The van der Waals surface area contributed by atoms with Crippen molar-refractivity contribution < 1.29 is 32.1 Å². The van der Waals surface area contributed by atoms with E-state index in [9.17, 15) is 22.7 Å². The number of para-hydroxylation sites is 1. The molecule has 0 saturated carbocycles. The van der Waals surface area contributed by atoms with Crippen LogP contribution < -0.4 is 14.4 Å². The SMILES string of the molecule is COc1cccc(-c2cccc(C3(Cc4cccc(OC(F)(F)F)c4)CN(C[C@@H](O)CF)c4ccccc43)c2)c1. The van der Waals surface area contributed by atoms with Gasteiger partial charge < -0.3 is 19.5 Å². The minimum Gasteiger partial charge on any atom is -0.497 e. The van der Waals surface area contributed by atoms with Crippen LogP contribution in [0.15, 0.2) is 97.1 Å². The van der Waals surface area contributed by atoms with Crippen LogP contribution in [0.5, 0.6) is 11.5 Å². The van der Waals surface area contributed by atoms with Crippen LogP contribution in [0.25, 0.3) is 11.1 Å². The lowest BCUT2D eigenvalue weighted by Crippen LogP contribution is -2.40. The lowest BCUT2D eigenvalue weighted by Gasteiger charge is -2.33. The van der Waals surface area contributed by atoms with Crippen LogP contribution in [0.4, 0.5) is 23.2 Å². The first-order valence-corrected chi connectivity index (χ1v) is 12.9. The van der Waals surface area contributed by atoms with E-state index in [0.29, 0.717) is 18.5 Å². The van der Waals surface area contributed by atoms with E-state index in [4.69, 9.17) is 4.74 Å². The second kappa shape index (κ2) is 11.2. The number of alkyl halides is 4. The first-order valence-electron chi connectivity index (χ1n) is 12.9. The minimum absolute atomic E-state index is 0.0854. The highest BCUT2D eigenvalue weighted by molar-refractivity contribution is 5.71. The monoisotopic (exact) mass is 551 g/mol. The van der Waals surface area contributed by atoms with Gasteiger partial charge in [0.05, 0.1) is 13.2 Å². The molecule has 1 N–H and O–H groups in total. The summed E-state index contributed by atoms with van der Waals surface area (Å²) in [6, 6.07) is 29.5. The summed E-state index contributed by atoms with van der Waals surface area (Å²) in [5.41, 5.74) is 4.59. The maximum atomic E-state index is 13.4. The van der Waals surface area contributed by atoms with Crippen molar-refractivity contribution in [1.29, 1.82) is 0 Å². The highest BCUT2D eigenvalue weighted by atomic mass is 19.4. The molecule has 208 valence electrons. The second-order valence-corrected chi connectivity index (χ2v) is 9.97. The van der Waals surface area contributed by atoms with E-state index < -0.39 is 24.6 Å². The number of methoxy groups -OCH3 is 1. The van der Waals surface area contributed by atoms with E-state index in [1.165, 1.54) is 12.1 Å². The minimum atomic E-state index is -4.80. The molecule has 1 aliphatic rings. The maximum Gasteiger partial charge on any atom is 0.573 e. The molecule has 0 bridgehead atoms. The van der Waals surface area contributed by atoms with Crippen molar-refractivity contribution in [1.82, 2.24) is 0 Å². The molecule has 0 aliphatic carbocycles. The van der Waals surface area contributed by atoms with Crippen molar-refractivity contribution in [3.05, 3.63) is 114 Å². The first-order chi connectivity index (χ1) is 19.2. The van der Waals surface area contributed by atoms with Gasteiger partial charge in [-0.25, -0.2) is 4.39 Å². The molecular weight excluding hydrogens is 522 g/mol. The summed E-state index contributed by atoms with van der Waals surface area (Å²) < 4.78 is 61.9. The number of nitrogens with zero attached hydrogens (tertiary/aromatic N) is 1. The molecule has 0 spiro atoms. The number of halogens is 4. The molecule has 1 aliphatic heterocycles. The number of β-amino-alcohol motifs (C(OH)–C–C–N with tert-alkyl or cyclic N) is 1. The van der Waals surface area contributed by atoms with Gasteiger partial charge in [0.1, 0.15) is 18.2 Å². The van der Waals surface area contributed by atoms with Crippen molar-refractivity contribution in [2.75, 3.05) is 31.8 Å². The van der Waals surface area contributed by atoms with Gasteiger partial charge >= 0.3 is 6.36 Å². The molecular formula is C32H29F4NO3. The molecule has 2 atom stereocenters. The van der Waals surface area contributed by atoms with E-state index in [1.54, 1.807) is 19.2 Å². The van der Waals surface area contributed by atoms with E-state index in [-0.39, 0.29) is 12.3 Å². The summed E-state index contributed by atoms with van der Waals surface area (Å²) in [7, 11) is 1.61. The van der Waals surface area contributed by atoms with Gasteiger partial charge in [0.25, 0.3) is 0 Å². The molecule has 8 heteroatoms. The largest absolute Gasteiger partial charge is 0.573 e. The fraction of sp³-hybridized carbons (Fsp3) is 0.250. The van der Waals surface area contributed by atoms with Gasteiger partial charge in [0.15, 0.2) is 0 Å². The Labute approximate surface area is 230 Å². The predicted octanol–water partition coefficient (Wildman–Crippen LogP) is 6.94. The topological polar surface area (TPSA) is 41.9 Å². The highest BCUT2D eigenvalue weighted by Gasteiger charge is 2.44. The van der Waals surface area contributed by atoms with Gasteiger partial charge in [0, 0.05) is 24.2 Å². The number of hydrogen-bond donors (Lipinski definition) is 1. The van der Waals surface area contributed by atoms with Crippen LogP contribution in [0.3, 0.4) is 0 Å². The first kappa shape index (κ1) is 27.5. The Morgan fingerprint density at radius 3 is 2.33 bits per heavy atom. The Morgan fingerprint density at radius 2 is 1.57 bits per heavy atom. The molecule has 4 aromatic carbocycles. The molecule has 0 saturated heterocycles. The standard InChI is InChI=1S/C32H29F4NO3/c1-39-27-11-6-9-24(17-27)23-8-5-10-25(16-23)31(18-22-7-4-12-28(15-22)40-32(34,35)36)21-37(20-26(38)19-33)30-14-3-2-13-29(30)31/h2-17,26,38H,18-21H2,1H3/t26-,31?/m0/s1. The van der Waals surface area contributed by atoms with Crippen LogP contribution in [-0.2, 0) is 11.8 Å². The zero-order chi connectivity index (χ0) is 28.3. The normalized spacial score (nSPS) is 17.4.